The van der Waals surface area contributed by atoms with Crippen molar-refractivity contribution in [2.45, 2.75) is 23.3 Å². The molecule has 0 aliphatic rings. The van der Waals surface area contributed by atoms with Crippen molar-refractivity contribution in [2.75, 3.05) is 10.6 Å². The van der Waals surface area contributed by atoms with E-state index in [4.69, 9.17) is 16.0 Å². The minimum Gasteiger partial charge on any atom is -0.459 e. The molecule has 3 heterocycles. The third-order valence-electron chi connectivity index (χ3n) is 6.32. The number of hydrogen-bond donors (Lipinski definition) is 2. The third kappa shape index (κ3) is 4.65. The smallest absolute Gasteiger partial charge is 0.291 e. The fourth-order valence-corrected chi connectivity index (χ4v) is 5.63. The van der Waals surface area contributed by atoms with Gasteiger partial charge in [-0.05, 0) is 78.7 Å². The number of fused-ring (bicyclic) bond motifs is 3. The largest absolute Gasteiger partial charge is 0.459 e. The molecule has 0 saturated carbocycles. The van der Waals surface area contributed by atoms with E-state index in [0.717, 1.165) is 12.0 Å². The first kappa shape index (κ1) is 25.5. The highest BCUT2D eigenvalue weighted by Crippen LogP contribution is 2.31. The van der Waals surface area contributed by atoms with Crippen LogP contribution in [0.4, 0.5) is 17.2 Å². The van der Waals surface area contributed by atoms with Gasteiger partial charge in [0.25, 0.3) is 5.91 Å². The number of carbonyl (C=O) groups excluding carboxylic acids is 1. The number of anilines is 3. The summed E-state index contributed by atoms with van der Waals surface area (Å²) in [4.78, 5) is 17.0. The van der Waals surface area contributed by atoms with Crippen molar-refractivity contribution in [3.63, 3.8) is 0 Å². The molecule has 0 atom stereocenters. The molecule has 0 bridgehead atoms. The predicted molar refractivity (Wildman–Crippen MR) is 151 cm³/mol. The van der Waals surface area contributed by atoms with Crippen LogP contribution in [-0.2, 0) is 16.3 Å². The first-order chi connectivity index (χ1) is 19.3. The molecule has 10 nitrogen and oxygen atoms in total. The Bertz CT molecular complexity index is 1970. The van der Waals surface area contributed by atoms with Crippen LogP contribution in [0.3, 0.4) is 0 Å². The van der Waals surface area contributed by atoms with Crippen molar-refractivity contribution in [1.82, 2.24) is 19.8 Å². The van der Waals surface area contributed by atoms with Crippen LogP contribution in [0.15, 0.2) is 99.5 Å². The Balaban J connectivity index is 1.39. The molecule has 2 N–H and O–H groups in total. The fraction of sp³-hybridized carbons (Fsp3) is 0.0714. The van der Waals surface area contributed by atoms with Crippen LogP contribution < -0.4 is 10.6 Å². The fourth-order valence-electron chi connectivity index (χ4n) is 4.23. The quantitative estimate of drug-likeness (QED) is 0.241. The summed E-state index contributed by atoms with van der Waals surface area (Å²) < 4.78 is 33.6. The Morgan fingerprint density at radius 3 is 2.45 bits per heavy atom. The van der Waals surface area contributed by atoms with Crippen LogP contribution in [0.5, 0.6) is 0 Å². The van der Waals surface area contributed by atoms with Gasteiger partial charge in [0.2, 0.25) is 14.9 Å². The first-order valence-electron chi connectivity index (χ1n) is 12.2. The number of aromatic nitrogens is 4. The van der Waals surface area contributed by atoms with E-state index in [2.05, 4.69) is 25.9 Å². The summed E-state index contributed by atoms with van der Waals surface area (Å²) >= 11 is 6.29. The van der Waals surface area contributed by atoms with Gasteiger partial charge in [-0.2, -0.15) is 4.52 Å². The molecule has 0 radical (unpaired) electrons. The van der Waals surface area contributed by atoms with E-state index in [0.29, 0.717) is 33.1 Å². The second kappa shape index (κ2) is 10.1. The Morgan fingerprint density at radius 1 is 1.00 bits per heavy atom. The molecular weight excluding hydrogens is 552 g/mol. The van der Waals surface area contributed by atoms with Gasteiger partial charge >= 0.3 is 0 Å². The lowest BCUT2D eigenvalue weighted by Gasteiger charge is -2.12. The molecule has 0 aliphatic carbocycles. The summed E-state index contributed by atoms with van der Waals surface area (Å²) in [5, 5.41) is 15.0. The summed E-state index contributed by atoms with van der Waals surface area (Å²) in [6.07, 6.45) is 2.22. The molecule has 40 heavy (non-hydrogen) atoms. The van der Waals surface area contributed by atoms with E-state index in [1.165, 1.54) is 10.8 Å². The molecule has 0 fully saturated rings. The first-order valence-corrected chi connectivity index (χ1v) is 14.1. The van der Waals surface area contributed by atoms with Crippen LogP contribution in [-0.4, -0.2) is 34.1 Å². The SMILES string of the molecule is CCc1ccc(S(=O)(=O)c2nnn3c2nc(Nc2ccc(NC(=O)c4ccco4)cc2)c2cc(Cl)ccc23)cc1. The maximum Gasteiger partial charge on any atom is 0.291 e. The highest BCUT2D eigenvalue weighted by Gasteiger charge is 2.27. The number of nitrogens with one attached hydrogen (secondary N) is 2. The molecule has 200 valence electrons. The highest BCUT2D eigenvalue weighted by atomic mass is 35.5. The van der Waals surface area contributed by atoms with Gasteiger partial charge in [-0.25, -0.2) is 13.4 Å². The minimum atomic E-state index is -4.01. The maximum absolute atomic E-state index is 13.5. The number of nitrogens with zero attached hydrogens (tertiary/aromatic N) is 4. The van der Waals surface area contributed by atoms with E-state index in [1.54, 1.807) is 78.9 Å². The Hall–Kier alpha value is -4.74. The number of amides is 1. The molecule has 1 amide bonds. The average Bonchev–Trinajstić information content (AvgIpc) is 3.65. The zero-order valence-corrected chi connectivity index (χ0v) is 22.6. The van der Waals surface area contributed by atoms with Crippen molar-refractivity contribution in [2.24, 2.45) is 0 Å². The van der Waals surface area contributed by atoms with E-state index in [1.807, 2.05) is 6.92 Å². The number of sulfone groups is 1. The van der Waals surface area contributed by atoms with Gasteiger partial charge in [0.1, 0.15) is 5.82 Å². The number of halogens is 1. The van der Waals surface area contributed by atoms with Crippen molar-refractivity contribution in [3.05, 3.63) is 101 Å². The lowest BCUT2D eigenvalue weighted by molar-refractivity contribution is 0.0996. The zero-order chi connectivity index (χ0) is 27.9. The minimum absolute atomic E-state index is 0.0687. The number of rotatable bonds is 7. The van der Waals surface area contributed by atoms with Crippen molar-refractivity contribution in [1.29, 1.82) is 0 Å². The summed E-state index contributed by atoms with van der Waals surface area (Å²) in [6.45, 7) is 2.00. The van der Waals surface area contributed by atoms with Gasteiger partial charge < -0.3 is 15.1 Å². The van der Waals surface area contributed by atoms with E-state index in [-0.39, 0.29) is 27.2 Å². The second-order valence-corrected chi connectivity index (χ2v) is 11.2. The zero-order valence-electron chi connectivity index (χ0n) is 21.0. The number of carbonyl (C=O) groups is 1. The van der Waals surface area contributed by atoms with Crippen LogP contribution in [0.1, 0.15) is 23.0 Å². The van der Waals surface area contributed by atoms with E-state index >= 15 is 0 Å². The number of aryl methyl sites for hydroxylation is 1. The van der Waals surface area contributed by atoms with Crippen LogP contribution in [0.2, 0.25) is 5.02 Å². The average molecular weight is 573 g/mol. The van der Waals surface area contributed by atoms with E-state index < -0.39 is 9.84 Å². The molecular formula is C28H21ClN6O4S. The van der Waals surface area contributed by atoms with Crippen LogP contribution in [0.25, 0.3) is 16.6 Å². The molecule has 6 aromatic rings. The summed E-state index contributed by atoms with van der Waals surface area (Å²) in [5.74, 6) is 0.187. The predicted octanol–water partition coefficient (Wildman–Crippen LogP) is 5.92. The van der Waals surface area contributed by atoms with Crippen molar-refractivity contribution < 1.29 is 17.6 Å². The van der Waals surface area contributed by atoms with Crippen LogP contribution >= 0.6 is 11.6 Å². The number of hydrogen-bond acceptors (Lipinski definition) is 8. The molecule has 0 unspecified atom stereocenters. The van der Waals surface area contributed by atoms with Gasteiger partial charge in [-0.3, -0.25) is 4.79 Å². The van der Waals surface area contributed by atoms with Gasteiger partial charge in [-0.15, -0.1) is 5.10 Å². The summed E-state index contributed by atoms with van der Waals surface area (Å²) in [7, 11) is -4.01. The normalized spacial score (nSPS) is 11.7. The lowest BCUT2D eigenvalue weighted by Crippen LogP contribution is -2.10. The van der Waals surface area contributed by atoms with Crippen LogP contribution in [0, 0.1) is 0 Å². The Morgan fingerprint density at radius 2 is 1.75 bits per heavy atom. The molecule has 6 rings (SSSR count). The molecule has 3 aromatic carbocycles. The standard InChI is InChI=1S/C28H21ClN6O4S/c1-2-17-5-12-21(13-6-17)40(37,38)28-26-32-25(22-16-18(29)7-14-23(22)35(26)34-33-28)30-19-8-10-20(11-9-19)31-27(36)24-4-3-15-39-24/h3-16H,2H2,1H3,(H,30,32)(H,31,36). The van der Waals surface area contributed by atoms with Gasteiger partial charge in [0, 0.05) is 21.8 Å². The van der Waals surface area contributed by atoms with Gasteiger partial charge in [-0.1, -0.05) is 35.9 Å². The molecule has 12 heteroatoms. The maximum atomic E-state index is 13.5. The number of furan rings is 1. The lowest BCUT2D eigenvalue weighted by atomic mass is 10.2. The molecule has 0 saturated heterocycles. The van der Waals surface area contributed by atoms with E-state index in [9.17, 15) is 13.2 Å². The summed E-state index contributed by atoms with van der Waals surface area (Å²) in [5.41, 5.74) is 2.85. The summed E-state index contributed by atoms with van der Waals surface area (Å²) in [6, 6.07) is 21.9. The Kier molecular flexibility index (Phi) is 6.45. The van der Waals surface area contributed by atoms with Gasteiger partial charge in [0.05, 0.1) is 16.7 Å². The molecule has 0 aliphatic heterocycles. The third-order valence-corrected chi connectivity index (χ3v) is 8.22. The second-order valence-electron chi connectivity index (χ2n) is 8.89. The van der Waals surface area contributed by atoms with Gasteiger partial charge in [0.15, 0.2) is 11.4 Å². The number of benzene rings is 3. The topological polar surface area (TPSA) is 131 Å². The molecule has 3 aromatic heterocycles. The highest BCUT2D eigenvalue weighted by molar-refractivity contribution is 7.91. The Labute approximate surface area is 233 Å². The van der Waals surface area contributed by atoms with Crippen molar-refractivity contribution >= 4 is 61.1 Å². The monoisotopic (exact) mass is 572 g/mol. The van der Waals surface area contributed by atoms with Crippen molar-refractivity contribution in [3.8, 4) is 0 Å². The molecule has 0 spiro atoms.